The number of carbonyl (C=O) groups excluding carboxylic acids is 2. The van der Waals surface area contributed by atoms with Crippen LogP contribution in [0.25, 0.3) is 0 Å². The van der Waals surface area contributed by atoms with E-state index in [1.54, 1.807) is 24.3 Å². The average Bonchev–Trinajstić information content (AvgIpc) is 3.38. The van der Waals surface area contributed by atoms with Gasteiger partial charge in [0.2, 0.25) is 11.8 Å². The summed E-state index contributed by atoms with van der Waals surface area (Å²) < 4.78 is 12.8. The Balaban J connectivity index is 1.49. The molecule has 2 amide bonds. The van der Waals surface area contributed by atoms with Crippen LogP contribution < -0.4 is 10.6 Å². The predicted molar refractivity (Wildman–Crippen MR) is 94.7 cm³/mol. The number of benzene rings is 2. The highest BCUT2D eigenvalue weighted by molar-refractivity contribution is 6.31. The molecule has 0 saturated heterocycles. The highest BCUT2D eigenvalue weighted by Gasteiger charge is 2.47. The number of amides is 2. The van der Waals surface area contributed by atoms with Crippen molar-refractivity contribution in [3.63, 3.8) is 0 Å². The summed E-state index contributed by atoms with van der Waals surface area (Å²) in [6, 6.07) is 11.2. The predicted octanol–water partition coefficient (Wildman–Crippen LogP) is 3.68. The maximum Gasteiger partial charge on any atom is 0.228 e. The first-order valence-corrected chi connectivity index (χ1v) is 8.41. The van der Waals surface area contributed by atoms with Crippen molar-refractivity contribution in [1.29, 1.82) is 0 Å². The maximum atomic E-state index is 12.8. The van der Waals surface area contributed by atoms with Crippen molar-refractivity contribution in [2.75, 3.05) is 5.32 Å². The largest absolute Gasteiger partial charge is 0.352 e. The number of hydrogen-bond donors (Lipinski definition) is 2. The third-order valence-corrected chi connectivity index (χ3v) is 4.69. The summed E-state index contributed by atoms with van der Waals surface area (Å²) in [4.78, 5) is 24.3. The van der Waals surface area contributed by atoms with Crippen LogP contribution >= 0.6 is 11.6 Å². The Hall–Kier alpha value is -2.40. The first kappa shape index (κ1) is 17.4. The van der Waals surface area contributed by atoms with Crippen LogP contribution in [-0.4, -0.2) is 11.8 Å². The molecule has 1 fully saturated rings. The molecular weight excluding hydrogens is 343 g/mol. The minimum atomic E-state index is -0.326. The highest BCUT2D eigenvalue weighted by atomic mass is 35.5. The molecule has 6 heteroatoms. The van der Waals surface area contributed by atoms with Crippen molar-refractivity contribution in [1.82, 2.24) is 5.32 Å². The molecule has 2 N–H and O–H groups in total. The van der Waals surface area contributed by atoms with Gasteiger partial charge in [-0.15, -0.1) is 0 Å². The highest BCUT2D eigenvalue weighted by Crippen LogP contribution is 2.39. The lowest BCUT2D eigenvalue weighted by molar-refractivity contribution is -0.125. The zero-order valence-electron chi connectivity index (χ0n) is 13.7. The Kier molecular flexibility index (Phi) is 5.04. The fourth-order valence-electron chi connectivity index (χ4n) is 2.60. The maximum absolute atomic E-state index is 12.8. The summed E-state index contributed by atoms with van der Waals surface area (Å²) >= 11 is 6.04. The van der Waals surface area contributed by atoms with E-state index in [9.17, 15) is 14.0 Å². The van der Waals surface area contributed by atoms with Crippen LogP contribution in [0.1, 0.15) is 17.5 Å². The SMILES string of the molecule is Cc1ccc(NC(=O)C2CC2C(=O)NCc2ccc(F)cc2)cc1Cl. The van der Waals surface area contributed by atoms with Crippen LogP contribution in [0.3, 0.4) is 0 Å². The molecule has 2 atom stereocenters. The molecule has 2 aromatic carbocycles. The molecule has 0 aromatic heterocycles. The molecule has 1 aliphatic rings. The molecule has 0 bridgehead atoms. The molecule has 4 nitrogen and oxygen atoms in total. The van der Waals surface area contributed by atoms with Gasteiger partial charge in [0.1, 0.15) is 5.82 Å². The van der Waals surface area contributed by atoms with Gasteiger partial charge in [0, 0.05) is 17.3 Å². The van der Waals surface area contributed by atoms with Gasteiger partial charge in [-0.25, -0.2) is 4.39 Å². The van der Waals surface area contributed by atoms with E-state index in [2.05, 4.69) is 10.6 Å². The quantitative estimate of drug-likeness (QED) is 0.854. The Labute approximate surface area is 150 Å². The standard InChI is InChI=1S/C19H18ClFN2O2/c1-11-2-7-14(8-17(11)20)23-19(25)16-9-15(16)18(24)22-10-12-3-5-13(21)6-4-12/h2-8,15-16H,9-10H2,1H3,(H,22,24)(H,23,25). The molecule has 2 unspecified atom stereocenters. The Morgan fingerprint density at radius 3 is 2.48 bits per heavy atom. The number of halogens is 2. The zero-order chi connectivity index (χ0) is 18.0. The van der Waals surface area contributed by atoms with Crippen molar-refractivity contribution in [3.05, 3.63) is 64.4 Å². The number of rotatable bonds is 5. The van der Waals surface area contributed by atoms with Gasteiger partial charge in [0.15, 0.2) is 0 Å². The summed E-state index contributed by atoms with van der Waals surface area (Å²) in [6.07, 6.45) is 0.528. The van der Waals surface area contributed by atoms with Crippen molar-refractivity contribution in [2.24, 2.45) is 11.8 Å². The number of carbonyl (C=O) groups is 2. The molecule has 1 saturated carbocycles. The van der Waals surface area contributed by atoms with E-state index in [0.717, 1.165) is 11.1 Å². The van der Waals surface area contributed by atoms with E-state index in [1.165, 1.54) is 12.1 Å². The minimum Gasteiger partial charge on any atom is -0.352 e. The molecule has 130 valence electrons. The average molecular weight is 361 g/mol. The van der Waals surface area contributed by atoms with Crippen molar-refractivity contribution < 1.29 is 14.0 Å². The van der Waals surface area contributed by atoms with Gasteiger partial charge < -0.3 is 10.6 Å². The van der Waals surface area contributed by atoms with Crippen molar-refractivity contribution in [3.8, 4) is 0 Å². The summed E-state index contributed by atoms with van der Waals surface area (Å²) in [6.45, 7) is 2.20. The second kappa shape index (κ2) is 7.23. The molecule has 0 heterocycles. The zero-order valence-corrected chi connectivity index (χ0v) is 14.4. The topological polar surface area (TPSA) is 58.2 Å². The summed E-state index contributed by atoms with van der Waals surface area (Å²) in [5.41, 5.74) is 2.37. The smallest absolute Gasteiger partial charge is 0.228 e. The van der Waals surface area contributed by atoms with E-state index in [1.807, 2.05) is 13.0 Å². The first-order valence-electron chi connectivity index (χ1n) is 8.03. The number of nitrogens with one attached hydrogen (secondary N) is 2. The van der Waals surface area contributed by atoms with Crippen LogP contribution in [0.15, 0.2) is 42.5 Å². The fraction of sp³-hybridized carbons (Fsp3) is 0.263. The van der Waals surface area contributed by atoms with E-state index in [-0.39, 0.29) is 29.5 Å². The molecule has 0 aliphatic heterocycles. The summed E-state index contributed by atoms with van der Waals surface area (Å²) in [5, 5.41) is 6.16. The second-order valence-electron chi connectivity index (χ2n) is 6.25. The van der Waals surface area contributed by atoms with Gasteiger partial charge in [0.05, 0.1) is 11.8 Å². The first-order chi connectivity index (χ1) is 11.9. The van der Waals surface area contributed by atoms with Crippen LogP contribution in [-0.2, 0) is 16.1 Å². The molecule has 0 radical (unpaired) electrons. The van der Waals surface area contributed by atoms with Crippen molar-refractivity contribution >= 4 is 29.1 Å². The summed E-state index contributed by atoms with van der Waals surface area (Å²) in [7, 11) is 0. The van der Waals surface area contributed by atoms with Gasteiger partial charge in [-0.1, -0.05) is 29.8 Å². The van der Waals surface area contributed by atoms with Crippen LogP contribution in [0.4, 0.5) is 10.1 Å². The second-order valence-corrected chi connectivity index (χ2v) is 6.65. The number of aryl methyl sites for hydroxylation is 1. The van der Waals surface area contributed by atoms with Gasteiger partial charge in [0.25, 0.3) is 0 Å². The van der Waals surface area contributed by atoms with Crippen LogP contribution in [0.5, 0.6) is 0 Å². The normalized spacial score (nSPS) is 18.5. The van der Waals surface area contributed by atoms with Crippen molar-refractivity contribution in [2.45, 2.75) is 19.9 Å². The Morgan fingerprint density at radius 1 is 1.12 bits per heavy atom. The lowest BCUT2D eigenvalue weighted by Crippen LogP contribution is -2.27. The molecule has 1 aliphatic carbocycles. The monoisotopic (exact) mass is 360 g/mol. The van der Waals surface area contributed by atoms with Gasteiger partial charge >= 0.3 is 0 Å². The molecular formula is C19H18ClFN2O2. The third kappa shape index (κ3) is 4.37. The number of anilines is 1. The van der Waals surface area contributed by atoms with Gasteiger partial charge in [-0.2, -0.15) is 0 Å². The van der Waals surface area contributed by atoms with E-state index >= 15 is 0 Å². The minimum absolute atomic E-state index is 0.161. The van der Waals surface area contributed by atoms with E-state index in [0.29, 0.717) is 23.7 Å². The fourth-order valence-corrected chi connectivity index (χ4v) is 2.78. The van der Waals surface area contributed by atoms with Gasteiger partial charge in [-0.3, -0.25) is 9.59 Å². The summed E-state index contributed by atoms with van der Waals surface area (Å²) in [5.74, 6) is -1.30. The lowest BCUT2D eigenvalue weighted by Gasteiger charge is -2.07. The van der Waals surface area contributed by atoms with Crippen LogP contribution in [0.2, 0.25) is 5.02 Å². The van der Waals surface area contributed by atoms with E-state index in [4.69, 9.17) is 11.6 Å². The van der Waals surface area contributed by atoms with Gasteiger partial charge in [-0.05, 0) is 48.7 Å². The number of hydrogen-bond acceptors (Lipinski definition) is 2. The Bertz CT molecular complexity index is 808. The molecule has 25 heavy (non-hydrogen) atoms. The Morgan fingerprint density at radius 2 is 1.80 bits per heavy atom. The lowest BCUT2D eigenvalue weighted by atomic mass is 10.2. The van der Waals surface area contributed by atoms with Crippen LogP contribution in [0, 0.1) is 24.6 Å². The molecule has 2 aromatic rings. The molecule has 3 rings (SSSR count). The molecule has 0 spiro atoms. The third-order valence-electron chi connectivity index (χ3n) is 4.28. The van der Waals surface area contributed by atoms with E-state index < -0.39 is 0 Å².